The van der Waals surface area contributed by atoms with E-state index in [0.717, 1.165) is 0 Å². The SMILES string of the molecule is COc1cccc(/C(O)=C2\C(=O)C(=O)N(CCC[n+]3cc[nH]c3)C2c2ccc(C)o2)c1. The first-order valence-electron chi connectivity index (χ1n) is 10.0. The number of imidazole rings is 1. The van der Waals surface area contributed by atoms with Crippen LogP contribution in [0.5, 0.6) is 5.75 Å². The number of nitrogens with zero attached hydrogens (tertiary/aromatic N) is 2. The number of furan rings is 1. The first-order valence-corrected chi connectivity index (χ1v) is 10.0. The molecule has 1 aliphatic heterocycles. The van der Waals surface area contributed by atoms with E-state index in [1.807, 2.05) is 23.3 Å². The van der Waals surface area contributed by atoms with Crippen molar-refractivity contribution in [2.75, 3.05) is 13.7 Å². The lowest BCUT2D eigenvalue weighted by atomic mass is 9.99. The fourth-order valence-corrected chi connectivity index (χ4v) is 3.82. The van der Waals surface area contributed by atoms with Gasteiger partial charge in [-0.05, 0) is 31.2 Å². The van der Waals surface area contributed by atoms with Crippen molar-refractivity contribution in [3.05, 3.63) is 77.8 Å². The lowest BCUT2D eigenvalue weighted by Crippen LogP contribution is -2.35. The first-order chi connectivity index (χ1) is 15.0. The van der Waals surface area contributed by atoms with E-state index >= 15 is 0 Å². The molecule has 4 rings (SSSR count). The Bertz CT molecular complexity index is 1130. The van der Waals surface area contributed by atoms with Gasteiger partial charge < -0.3 is 19.2 Å². The number of hydrogen-bond donors (Lipinski definition) is 2. The molecule has 8 heteroatoms. The van der Waals surface area contributed by atoms with E-state index in [4.69, 9.17) is 9.15 Å². The molecule has 1 saturated heterocycles. The number of carbonyl (C=O) groups is 2. The maximum absolute atomic E-state index is 13.0. The second-order valence-electron chi connectivity index (χ2n) is 7.38. The van der Waals surface area contributed by atoms with E-state index in [1.54, 1.807) is 43.3 Å². The van der Waals surface area contributed by atoms with Crippen LogP contribution >= 0.6 is 0 Å². The predicted molar refractivity (Wildman–Crippen MR) is 111 cm³/mol. The number of aryl methyl sites for hydroxylation is 2. The van der Waals surface area contributed by atoms with E-state index in [0.29, 0.717) is 42.3 Å². The molecule has 1 aliphatic rings. The van der Waals surface area contributed by atoms with Crippen LogP contribution in [0.3, 0.4) is 0 Å². The largest absolute Gasteiger partial charge is 0.507 e. The van der Waals surface area contributed by atoms with E-state index in [-0.39, 0.29) is 11.3 Å². The van der Waals surface area contributed by atoms with Crippen molar-refractivity contribution in [2.24, 2.45) is 0 Å². The number of aliphatic hydroxyl groups excluding tert-OH is 1. The molecule has 3 aromatic rings. The number of ether oxygens (including phenoxy) is 1. The van der Waals surface area contributed by atoms with Gasteiger partial charge in [0, 0.05) is 18.5 Å². The van der Waals surface area contributed by atoms with Crippen LogP contribution in [-0.4, -0.2) is 40.3 Å². The summed E-state index contributed by atoms with van der Waals surface area (Å²) < 4.78 is 13.0. The zero-order valence-electron chi connectivity index (χ0n) is 17.4. The van der Waals surface area contributed by atoms with Gasteiger partial charge in [-0.25, -0.2) is 4.57 Å². The number of ketones is 1. The fourth-order valence-electron chi connectivity index (χ4n) is 3.82. The van der Waals surface area contributed by atoms with Gasteiger partial charge in [0.15, 0.2) is 0 Å². The molecule has 2 N–H and O–H groups in total. The van der Waals surface area contributed by atoms with Crippen LogP contribution in [0.2, 0.25) is 0 Å². The molecule has 0 spiro atoms. The number of rotatable bonds is 7. The minimum Gasteiger partial charge on any atom is -0.507 e. The highest BCUT2D eigenvalue weighted by atomic mass is 16.5. The molecule has 2 aromatic heterocycles. The normalized spacial score (nSPS) is 18.0. The van der Waals surface area contributed by atoms with Crippen molar-refractivity contribution in [3.8, 4) is 5.75 Å². The molecule has 0 radical (unpaired) electrons. The molecule has 1 atom stereocenters. The second kappa shape index (κ2) is 8.51. The minimum atomic E-state index is -0.795. The number of amides is 1. The van der Waals surface area contributed by atoms with E-state index < -0.39 is 17.7 Å². The Morgan fingerprint density at radius 2 is 2.13 bits per heavy atom. The number of aliphatic hydroxyl groups is 1. The zero-order valence-corrected chi connectivity index (χ0v) is 17.4. The van der Waals surface area contributed by atoms with Gasteiger partial charge in [-0.2, -0.15) is 0 Å². The Labute approximate surface area is 179 Å². The standard InChI is InChI=1S/C23H23N3O5/c1-15-7-8-18(31-15)20-19(21(27)16-5-3-6-17(13-16)30-2)22(28)23(29)26(20)11-4-10-25-12-9-24-14-25/h3,5-9,12-14,20H,4,10-11H2,1-2H3,(H,27,28)/p+1. The van der Waals surface area contributed by atoms with Crippen molar-refractivity contribution in [3.63, 3.8) is 0 Å². The van der Waals surface area contributed by atoms with Crippen LogP contribution in [0.15, 0.2) is 65.1 Å². The summed E-state index contributed by atoms with van der Waals surface area (Å²) >= 11 is 0. The van der Waals surface area contributed by atoms with Crippen molar-refractivity contribution < 1.29 is 28.4 Å². The summed E-state index contributed by atoms with van der Waals surface area (Å²) in [5.74, 6) is 0.00235. The van der Waals surface area contributed by atoms with Crippen LogP contribution in [0, 0.1) is 6.92 Å². The Morgan fingerprint density at radius 1 is 1.29 bits per heavy atom. The van der Waals surface area contributed by atoms with Gasteiger partial charge >= 0.3 is 0 Å². The number of methoxy groups -OCH3 is 1. The highest BCUT2D eigenvalue weighted by Gasteiger charge is 2.47. The van der Waals surface area contributed by atoms with Crippen LogP contribution in [-0.2, 0) is 16.1 Å². The average Bonchev–Trinajstić information content (AvgIpc) is 3.50. The van der Waals surface area contributed by atoms with Crippen molar-refractivity contribution in [1.82, 2.24) is 9.88 Å². The predicted octanol–water partition coefficient (Wildman–Crippen LogP) is 2.72. The number of carbonyl (C=O) groups excluding carboxylic acids is 2. The molecule has 160 valence electrons. The number of H-pyrrole nitrogens is 1. The summed E-state index contributed by atoms with van der Waals surface area (Å²) in [5, 5.41) is 11.0. The summed E-state index contributed by atoms with van der Waals surface area (Å²) in [6, 6.07) is 9.45. The Kier molecular flexibility index (Phi) is 5.62. The zero-order chi connectivity index (χ0) is 22.0. The van der Waals surface area contributed by atoms with Crippen LogP contribution < -0.4 is 9.30 Å². The number of nitrogens with one attached hydrogen (secondary N) is 1. The average molecular weight is 422 g/mol. The van der Waals surface area contributed by atoms with E-state index in [1.165, 1.54) is 12.0 Å². The highest BCUT2D eigenvalue weighted by Crippen LogP contribution is 2.40. The summed E-state index contributed by atoms with van der Waals surface area (Å²) in [4.78, 5) is 30.3. The van der Waals surface area contributed by atoms with Gasteiger partial charge in [-0.15, -0.1) is 0 Å². The van der Waals surface area contributed by atoms with Gasteiger partial charge in [-0.1, -0.05) is 12.1 Å². The number of benzene rings is 1. The number of aromatic nitrogens is 2. The van der Waals surface area contributed by atoms with Crippen LogP contribution in [0.25, 0.3) is 5.76 Å². The molecule has 0 saturated carbocycles. The summed E-state index contributed by atoms with van der Waals surface area (Å²) in [6.45, 7) is 2.80. The molecule has 31 heavy (non-hydrogen) atoms. The molecule has 3 heterocycles. The van der Waals surface area contributed by atoms with Crippen LogP contribution in [0.4, 0.5) is 0 Å². The van der Waals surface area contributed by atoms with Crippen molar-refractivity contribution in [2.45, 2.75) is 25.9 Å². The lowest BCUT2D eigenvalue weighted by molar-refractivity contribution is -0.695. The summed E-state index contributed by atoms with van der Waals surface area (Å²) in [7, 11) is 1.52. The monoisotopic (exact) mass is 422 g/mol. The first kappa shape index (κ1) is 20.5. The molecule has 1 aromatic carbocycles. The van der Waals surface area contributed by atoms with E-state index in [9.17, 15) is 14.7 Å². The number of likely N-dealkylation sites (tertiary alicyclic amines) is 1. The Hall–Kier alpha value is -3.81. The fraction of sp³-hybridized carbons (Fsp3) is 0.261. The topological polar surface area (TPSA) is 99.6 Å². The molecule has 0 bridgehead atoms. The molecule has 1 fully saturated rings. The maximum atomic E-state index is 13.0. The third-order valence-corrected chi connectivity index (χ3v) is 5.33. The van der Waals surface area contributed by atoms with E-state index in [2.05, 4.69) is 4.98 Å². The van der Waals surface area contributed by atoms with Crippen molar-refractivity contribution >= 4 is 17.4 Å². The second-order valence-corrected chi connectivity index (χ2v) is 7.38. The van der Waals surface area contributed by atoms with Gasteiger partial charge in [-0.3, -0.25) is 14.6 Å². The minimum absolute atomic E-state index is 0.0156. The number of hydrogen-bond acceptors (Lipinski definition) is 5. The molecule has 0 aliphatic carbocycles. The third kappa shape index (κ3) is 3.96. The number of aromatic amines is 1. The molecule has 1 amide bonds. The molecular weight excluding hydrogens is 398 g/mol. The van der Waals surface area contributed by atoms with Gasteiger partial charge in [0.2, 0.25) is 6.33 Å². The summed E-state index contributed by atoms with van der Waals surface area (Å²) in [6.07, 6.45) is 6.16. The smallest absolute Gasteiger partial charge is 0.295 e. The van der Waals surface area contributed by atoms with Gasteiger partial charge in [0.05, 0.1) is 19.2 Å². The Balaban J connectivity index is 1.72. The van der Waals surface area contributed by atoms with Crippen molar-refractivity contribution in [1.29, 1.82) is 0 Å². The molecular formula is C23H24N3O5+. The van der Waals surface area contributed by atoms with Gasteiger partial charge in [0.25, 0.3) is 11.7 Å². The molecule has 8 nitrogen and oxygen atoms in total. The van der Waals surface area contributed by atoms with Crippen LogP contribution in [0.1, 0.15) is 29.5 Å². The maximum Gasteiger partial charge on any atom is 0.295 e. The molecule has 1 unspecified atom stereocenters. The lowest BCUT2D eigenvalue weighted by Gasteiger charge is -2.23. The highest BCUT2D eigenvalue weighted by molar-refractivity contribution is 6.46. The quantitative estimate of drug-likeness (QED) is 0.264. The third-order valence-electron chi connectivity index (χ3n) is 5.33. The van der Waals surface area contributed by atoms with Gasteiger partial charge in [0.1, 0.15) is 41.5 Å². The number of Topliss-reactive ketones (excluding diaryl/α,β-unsaturated/α-hetero) is 1. The summed E-state index contributed by atoms with van der Waals surface area (Å²) in [5.41, 5.74) is 0.412. The Morgan fingerprint density at radius 3 is 2.81 bits per heavy atom.